The van der Waals surface area contributed by atoms with Crippen molar-refractivity contribution in [3.8, 4) is 22.1 Å². The molecule has 0 aliphatic carbocycles. The van der Waals surface area contributed by atoms with Crippen molar-refractivity contribution in [3.63, 3.8) is 0 Å². The van der Waals surface area contributed by atoms with Gasteiger partial charge in [-0.05, 0) is 38.0 Å². The molecule has 2 atom stereocenters. The van der Waals surface area contributed by atoms with E-state index in [2.05, 4.69) is 4.98 Å². The van der Waals surface area contributed by atoms with Crippen molar-refractivity contribution in [2.45, 2.75) is 25.8 Å². The van der Waals surface area contributed by atoms with Crippen LogP contribution in [0.3, 0.4) is 0 Å². The number of thiazole rings is 1. The molecule has 2 aliphatic rings. The number of hydrogen-bond acceptors (Lipinski definition) is 6. The summed E-state index contributed by atoms with van der Waals surface area (Å²) in [4.78, 5) is 30.4. The maximum atomic E-state index is 12.9. The standard InChI is InChI=1S/C19H20N2O5S/c1-11-13(19(23)24)3-2-6-21(11)18(22)14-10-27-17(20-14)12-4-5-15-16(9-12)26-8-7-25-15/h4-5,9-11,13H,2-3,6-8H2,1H3,(H,23,24)/t11-,13-/m1/s1. The summed E-state index contributed by atoms with van der Waals surface area (Å²) in [6.07, 6.45) is 1.28. The van der Waals surface area contributed by atoms with Gasteiger partial charge < -0.3 is 19.5 Å². The van der Waals surface area contributed by atoms with Crippen molar-refractivity contribution >= 4 is 23.2 Å². The first-order valence-electron chi connectivity index (χ1n) is 8.94. The van der Waals surface area contributed by atoms with Gasteiger partial charge in [-0.3, -0.25) is 9.59 Å². The average Bonchev–Trinajstić information content (AvgIpc) is 3.17. The molecule has 1 fully saturated rings. The Morgan fingerprint density at radius 1 is 1.26 bits per heavy atom. The van der Waals surface area contributed by atoms with Gasteiger partial charge >= 0.3 is 5.97 Å². The number of piperidine rings is 1. The van der Waals surface area contributed by atoms with Crippen molar-refractivity contribution in [2.75, 3.05) is 19.8 Å². The molecule has 142 valence electrons. The van der Waals surface area contributed by atoms with Crippen molar-refractivity contribution < 1.29 is 24.2 Å². The minimum absolute atomic E-state index is 0.214. The van der Waals surface area contributed by atoms with Gasteiger partial charge in [0, 0.05) is 23.5 Å². The first kappa shape index (κ1) is 17.8. The van der Waals surface area contributed by atoms with E-state index in [1.807, 2.05) is 18.2 Å². The third-order valence-corrected chi connectivity index (χ3v) is 5.97. The number of likely N-dealkylation sites (tertiary alicyclic amines) is 1. The van der Waals surface area contributed by atoms with Gasteiger partial charge in [-0.2, -0.15) is 0 Å². The molecule has 1 N–H and O–H groups in total. The molecule has 1 saturated heterocycles. The number of rotatable bonds is 3. The van der Waals surface area contributed by atoms with Crippen LogP contribution in [0.5, 0.6) is 11.5 Å². The summed E-state index contributed by atoms with van der Waals surface area (Å²) in [5, 5.41) is 11.8. The molecule has 8 heteroatoms. The van der Waals surface area contributed by atoms with Gasteiger partial charge in [-0.1, -0.05) is 0 Å². The molecule has 2 aromatic rings. The van der Waals surface area contributed by atoms with Crippen molar-refractivity contribution in [3.05, 3.63) is 29.3 Å². The minimum Gasteiger partial charge on any atom is -0.486 e. The number of ether oxygens (including phenoxy) is 2. The highest BCUT2D eigenvalue weighted by Crippen LogP contribution is 2.36. The molecular formula is C19H20N2O5S. The molecule has 1 amide bonds. The number of aliphatic carboxylic acids is 1. The van der Waals surface area contributed by atoms with E-state index in [1.165, 1.54) is 11.3 Å². The molecule has 0 spiro atoms. The SMILES string of the molecule is C[C@@H]1[C@H](C(=O)O)CCCN1C(=O)c1csc(-c2ccc3c(c2)OCCO3)n1. The van der Waals surface area contributed by atoms with Crippen LogP contribution >= 0.6 is 11.3 Å². The monoisotopic (exact) mass is 388 g/mol. The smallest absolute Gasteiger partial charge is 0.308 e. The Kier molecular flexibility index (Phi) is 4.73. The second-order valence-electron chi connectivity index (χ2n) is 6.72. The summed E-state index contributed by atoms with van der Waals surface area (Å²) < 4.78 is 11.1. The van der Waals surface area contributed by atoms with Crippen LogP contribution in [-0.2, 0) is 4.79 Å². The molecule has 3 heterocycles. The van der Waals surface area contributed by atoms with E-state index in [1.54, 1.807) is 17.2 Å². The predicted octanol–water partition coefficient (Wildman–Crippen LogP) is 2.91. The minimum atomic E-state index is -0.852. The van der Waals surface area contributed by atoms with Crippen molar-refractivity contribution in [1.29, 1.82) is 0 Å². The quantitative estimate of drug-likeness (QED) is 0.870. The molecule has 27 heavy (non-hydrogen) atoms. The number of hydrogen-bond donors (Lipinski definition) is 1. The number of aromatic nitrogens is 1. The van der Waals surface area contributed by atoms with Crippen molar-refractivity contribution in [2.24, 2.45) is 5.92 Å². The summed E-state index contributed by atoms with van der Waals surface area (Å²) in [5.41, 5.74) is 1.21. The first-order valence-corrected chi connectivity index (χ1v) is 9.82. The highest BCUT2D eigenvalue weighted by molar-refractivity contribution is 7.13. The van der Waals surface area contributed by atoms with Crippen LogP contribution in [0.1, 0.15) is 30.3 Å². The number of fused-ring (bicyclic) bond motifs is 1. The third-order valence-electron chi connectivity index (χ3n) is 5.08. The van der Waals surface area contributed by atoms with Crippen LogP contribution < -0.4 is 9.47 Å². The van der Waals surface area contributed by atoms with E-state index in [0.717, 1.165) is 10.6 Å². The van der Waals surface area contributed by atoms with Crippen LogP contribution in [0.25, 0.3) is 10.6 Å². The van der Waals surface area contributed by atoms with Crippen LogP contribution in [0.15, 0.2) is 23.6 Å². The molecule has 7 nitrogen and oxygen atoms in total. The van der Waals surface area contributed by atoms with Gasteiger partial charge in [0.25, 0.3) is 5.91 Å². The largest absolute Gasteiger partial charge is 0.486 e. The maximum absolute atomic E-state index is 12.9. The number of carbonyl (C=O) groups is 2. The van der Waals surface area contributed by atoms with Crippen molar-refractivity contribution in [1.82, 2.24) is 9.88 Å². The Balaban J connectivity index is 1.55. The molecule has 0 bridgehead atoms. The van der Waals surface area contributed by atoms with Crippen LogP contribution in [0.4, 0.5) is 0 Å². The van der Waals surface area contributed by atoms with E-state index < -0.39 is 11.9 Å². The Bertz CT molecular complexity index is 881. The zero-order valence-corrected chi connectivity index (χ0v) is 15.7. The van der Waals surface area contributed by atoms with Gasteiger partial charge in [0.1, 0.15) is 23.9 Å². The molecule has 1 aromatic heterocycles. The fourth-order valence-corrected chi connectivity index (χ4v) is 4.38. The average molecular weight is 388 g/mol. The zero-order valence-electron chi connectivity index (χ0n) is 14.9. The number of carboxylic acid groups (broad SMARTS) is 1. The number of carboxylic acids is 1. The highest BCUT2D eigenvalue weighted by atomic mass is 32.1. The molecule has 0 unspecified atom stereocenters. The fourth-order valence-electron chi connectivity index (χ4n) is 3.59. The zero-order chi connectivity index (χ0) is 19.0. The Morgan fingerprint density at radius 2 is 2.04 bits per heavy atom. The molecule has 1 aromatic carbocycles. The lowest BCUT2D eigenvalue weighted by Gasteiger charge is -2.37. The Hall–Kier alpha value is -2.61. The topological polar surface area (TPSA) is 89.0 Å². The maximum Gasteiger partial charge on any atom is 0.308 e. The number of amides is 1. The molecular weight excluding hydrogens is 368 g/mol. The van der Waals surface area contributed by atoms with Gasteiger partial charge in [0.2, 0.25) is 0 Å². The third kappa shape index (κ3) is 3.37. The fraction of sp³-hybridized carbons (Fsp3) is 0.421. The molecule has 4 rings (SSSR count). The summed E-state index contributed by atoms with van der Waals surface area (Å²) in [6.45, 7) is 3.40. The van der Waals surface area contributed by atoms with E-state index in [4.69, 9.17) is 9.47 Å². The van der Waals surface area contributed by atoms with Crippen LogP contribution in [-0.4, -0.2) is 52.7 Å². The summed E-state index contributed by atoms with van der Waals surface area (Å²) in [6, 6.07) is 5.26. The van der Waals surface area contributed by atoms with E-state index in [-0.39, 0.29) is 11.9 Å². The summed E-state index contributed by atoms with van der Waals surface area (Å²) in [7, 11) is 0. The lowest BCUT2D eigenvalue weighted by molar-refractivity contribution is -0.144. The number of benzene rings is 1. The lowest BCUT2D eigenvalue weighted by atomic mass is 9.90. The van der Waals surface area contributed by atoms with E-state index in [0.29, 0.717) is 49.8 Å². The van der Waals surface area contributed by atoms with Gasteiger partial charge in [-0.15, -0.1) is 11.3 Å². The highest BCUT2D eigenvalue weighted by Gasteiger charge is 2.36. The van der Waals surface area contributed by atoms with E-state index in [9.17, 15) is 14.7 Å². The van der Waals surface area contributed by atoms with Crippen LogP contribution in [0.2, 0.25) is 0 Å². The van der Waals surface area contributed by atoms with Gasteiger partial charge in [0.05, 0.1) is 5.92 Å². The van der Waals surface area contributed by atoms with Gasteiger partial charge in [0.15, 0.2) is 11.5 Å². The molecule has 0 saturated carbocycles. The Labute approximate surface area is 160 Å². The Morgan fingerprint density at radius 3 is 2.81 bits per heavy atom. The first-order chi connectivity index (χ1) is 13.0. The van der Waals surface area contributed by atoms with E-state index >= 15 is 0 Å². The van der Waals surface area contributed by atoms with Gasteiger partial charge in [-0.25, -0.2) is 4.98 Å². The molecule has 2 aliphatic heterocycles. The summed E-state index contributed by atoms with van der Waals surface area (Å²) >= 11 is 1.38. The second kappa shape index (κ2) is 7.19. The lowest BCUT2D eigenvalue weighted by Crippen LogP contribution is -2.49. The van der Waals surface area contributed by atoms with Crippen LogP contribution in [0, 0.1) is 5.92 Å². The second-order valence-corrected chi connectivity index (χ2v) is 7.58. The number of carbonyl (C=O) groups excluding carboxylic acids is 1. The predicted molar refractivity (Wildman–Crippen MR) is 99.4 cm³/mol. The number of nitrogens with zero attached hydrogens (tertiary/aromatic N) is 2. The normalized spacial score (nSPS) is 21.7. The molecule has 0 radical (unpaired) electrons. The summed E-state index contributed by atoms with van der Waals surface area (Å²) in [5.74, 6) is -0.210.